The van der Waals surface area contributed by atoms with E-state index in [2.05, 4.69) is 10.4 Å². The molecule has 1 heterocycles. The Hall–Kier alpha value is -3.85. The second-order valence-electron chi connectivity index (χ2n) is 7.80. The van der Waals surface area contributed by atoms with Crippen LogP contribution < -0.4 is 5.32 Å². The molecular weight excluding hydrogens is 460 g/mol. The molecule has 1 amide bonds. The lowest BCUT2D eigenvalue weighted by atomic mass is 10.1. The zero-order chi connectivity index (χ0) is 24.3. The number of anilines is 1. The number of sulfone groups is 1. The number of aryl methyl sites for hydroxylation is 1. The van der Waals surface area contributed by atoms with E-state index >= 15 is 0 Å². The summed E-state index contributed by atoms with van der Waals surface area (Å²) >= 11 is 0. The van der Waals surface area contributed by atoms with Gasteiger partial charge in [0.25, 0.3) is 5.91 Å². The summed E-state index contributed by atoms with van der Waals surface area (Å²) in [6.45, 7) is 1.65. The van der Waals surface area contributed by atoms with Gasteiger partial charge in [0.2, 0.25) is 0 Å². The predicted octanol–water partition coefficient (Wildman–Crippen LogP) is 4.74. The van der Waals surface area contributed by atoms with Gasteiger partial charge in [0, 0.05) is 16.7 Å². The van der Waals surface area contributed by atoms with Crippen LogP contribution in [0, 0.1) is 18.6 Å². The SMILES string of the molecule is Cc1cnn(Cc2cc(F)ccc2F)c1NC(=O)c1cccc(CS(=O)(=O)c2ccccc2)c1. The first kappa shape index (κ1) is 23.3. The van der Waals surface area contributed by atoms with Crippen LogP contribution in [0.25, 0.3) is 0 Å². The average molecular weight is 482 g/mol. The summed E-state index contributed by atoms with van der Waals surface area (Å²) in [5, 5.41) is 6.91. The van der Waals surface area contributed by atoms with Crippen molar-refractivity contribution in [2.45, 2.75) is 24.1 Å². The number of nitrogens with zero attached hydrogens (tertiary/aromatic N) is 2. The van der Waals surface area contributed by atoms with Crippen molar-refractivity contribution in [2.75, 3.05) is 5.32 Å². The van der Waals surface area contributed by atoms with Crippen molar-refractivity contribution in [3.63, 3.8) is 0 Å². The summed E-state index contributed by atoms with van der Waals surface area (Å²) in [5.74, 6) is -1.57. The summed E-state index contributed by atoms with van der Waals surface area (Å²) in [5.41, 5.74) is 1.44. The molecule has 1 aromatic heterocycles. The van der Waals surface area contributed by atoms with Gasteiger partial charge in [0.15, 0.2) is 9.84 Å². The van der Waals surface area contributed by atoms with Crippen molar-refractivity contribution in [1.29, 1.82) is 0 Å². The maximum absolute atomic E-state index is 14.1. The Morgan fingerprint density at radius 2 is 1.76 bits per heavy atom. The van der Waals surface area contributed by atoms with Gasteiger partial charge in [0.05, 0.1) is 23.4 Å². The lowest BCUT2D eigenvalue weighted by Gasteiger charge is -2.12. The van der Waals surface area contributed by atoms with E-state index in [-0.39, 0.29) is 28.3 Å². The van der Waals surface area contributed by atoms with E-state index in [4.69, 9.17) is 0 Å². The van der Waals surface area contributed by atoms with E-state index in [9.17, 15) is 22.0 Å². The second kappa shape index (κ2) is 9.56. The quantitative estimate of drug-likeness (QED) is 0.413. The number of carbonyl (C=O) groups excluding carboxylic acids is 1. The van der Waals surface area contributed by atoms with Gasteiger partial charge in [-0.3, -0.25) is 4.79 Å². The van der Waals surface area contributed by atoms with Gasteiger partial charge < -0.3 is 5.32 Å². The van der Waals surface area contributed by atoms with Gasteiger partial charge in [-0.15, -0.1) is 0 Å². The van der Waals surface area contributed by atoms with E-state index < -0.39 is 27.4 Å². The Bertz CT molecular complexity index is 1450. The molecule has 174 valence electrons. The molecule has 0 atom stereocenters. The second-order valence-corrected chi connectivity index (χ2v) is 9.79. The summed E-state index contributed by atoms with van der Waals surface area (Å²) < 4.78 is 54.4. The van der Waals surface area contributed by atoms with Crippen molar-refractivity contribution in [2.24, 2.45) is 0 Å². The van der Waals surface area contributed by atoms with E-state index in [0.717, 1.165) is 18.2 Å². The first-order valence-electron chi connectivity index (χ1n) is 10.4. The molecule has 0 unspecified atom stereocenters. The van der Waals surface area contributed by atoms with Crippen molar-refractivity contribution < 1.29 is 22.0 Å². The average Bonchev–Trinajstić information content (AvgIpc) is 3.15. The van der Waals surface area contributed by atoms with Gasteiger partial charge in [-0.05, 0) is 55.0 Å². The van der Waals surface area contributed by atoms with Crippen LogP contribution in [0.5, 0.6) is 0 Å². The molecule has 4 aromatic rings. The molecule has 3 aromatic carbocycles. The fourth-order valence-corrected chi connectivity index (χ4v) is 4.86. The Labute approximate surface area is 195 Å². The monoisotopic (exact) mass is 481 g/mol. The normalized spacial score (nSPS) is 11.4. The molecule has 9 heteroatoms. The number of hydrogen-bond acceptors (Lipinski definition) is 4. The van der Waals surface area contributed by atoms with Gasteiger partial charge in [-0.1, -0.05) is 30.3 Å². The molecule has 0 bridgehead atoms. The van der Waals surface area contributed by atoms with Crippen LogP contribution in [0.3, 0.4) is 0 Å². The number of rotatable bonds is 7. The van der Waals surface area contributed by atoms with Crippen LogP contribution in [0.2, 0.25) is 0 Å². The van der Waals surface area contributed by atoms with Crippen molar-refractivity contribution in [3.8, 4) is 0 Å². The highest BCUT2D eigenvalue weighted by Gasteiger charge is 2.18. The molecule has 6 nitrogen and oxygen atoms in total. The summed E-state index contributed by atoms with van der Waals surface area (Å²) in [4.78, 5) is 13.1. The van der Waals surface area contributed by atoms with Gasteiger partial charge >= 0.3 is 0 Å². The molecule has 0 spiro atoms. The third kappa shape index (κ3) is 5.20. The fourth-order valence-electron chi connectivity index (χ4n) is 3.50. The molecule has 0 fully saturated rings. The van der Waals surface area contributed by atoms with Crippen LogP contribution >= 0.6 is 0 Å². The molecule has 0 aliphatic heterocycles. The Morgan fingerprint density at radius 1 is 1.00 bits per heavy atom. The molecule has 0 saturated carbocycles. The number of benzene rings is 3. The summed E-state index contributed by atoms with van der Waals surface area (Å²) in [6, 6.07) is 17.6. The van der Waals surface area contributed by atoms with E-state index in [1.54, 1.807) is 43.3 Å². The minimum absolute atomic E-state index is 0.0809. The molecule has 0 radical (unpaired) electrons. The number of halogens is 2. The zero-order valence-electron chi connectivity index (χ0n) is 18.2. The van der Waals surface area contributed by atoms with Crippen LogP contribution in [0.15, 0.2) is 83.9 Å². The Balaban J connectivity index is 1.54. The smallest absolute Gasteiger partial charge is 0.256 e. The molecule has 1 N–H and O–H groups in total. The largest absolute Gasteiger partial charge is 0.307 e. The molecular formula is C25H21F2N3O3S. The molecule has 0 aliphatic carbocycles. The first-order valence-corrected chi connectivity index (χ1v) is 12.0. The third-order valence-corrected chi connectivity index (χ3v) is 6.93. The molecule has 0 aliphatic rings. The lowest BCUT2D eigenvalue weighted by Crippen LogP contribution is -2.17. The van der Waals surface area contributed by atoms with Crippen LogP contribution in [0.4, 0.5) is 14.6 Å². The first-order chi connectivity index (χ1) is 16.2. The number of amides is 1. The third-order valence-electron chi connectivity index (χ3n) is 5.23. The number of nitrogens with one attached hydrogen (secondary N) is 1. The Morgan fingerprint density at radius 3 is 2.53 bits per heavy atom. The minimum atomic E-state index is -3.57. The highest BCUT2D eigenvalue weighted by Crippen LogP contribution is 2.21. The number of hydrogen-bond donors (Lipinski definition) is 1. The lowest BCUT2D eigenvalue weighted by molar-refractivity contribution is 0.102. The molecule has 4 rings (SSSR count). The van der Waals surface area contributed by atoms with Crippen molar-refractivity contribution >= 4 is 21.6 Å². The van der Waals surface area contributed by atoms with Gasteiger partial charge in [-0.25, -0.2) is 21.9 Å². The summed E-state index contributed by atoms with van der Waals surface area (Å²) in [7, 11) is -3.57. The highest BCUT2D eigenvalue weighted by atomic mass is 32.2. The predicted molar refractivity (Wildman–Crippen MR) is 124 cm³/mol. The zero-order valence-corrected chi connectivity index (χ0v) is 19.0. The van der Waals surface area contributed by atoms with Gasteiger partial charge in [-0.2, -0.15) is 5.10 Å². The van der Waals surface area contributed by atoms with Crippen LogP contribution in [0.1, 0.15) is 27.0 Å². The van der Waals surface area contributed by atoms with Crippen LogP contribution in [-0.4, -0.2) is 24.1 Å². The number of aromatic nitrogens is 2. The maximum atomic E-state index is 14.1. The summed E-state index contributed by atoms with van der Waals surface area (Å²) in [6.07, 6.45) is 1.51. The van der Waals surface area contributed by atoms with Gasteiger partial charge in [0.1, 0.15) is 17.5 Å². The molecule has 0 saturated heterocycles. The fraction of sp³-hybridized carbons (Fsp3) is 0.120. The molecule has 34 heavy (non-hydrogen) atoms. The van der Waals surface area contributed by atoms with Crippen molar-refractivity contribution in [1.82, 2.24) is 9.78 Å². The maximum Gasteiger partial charge on any atom is 0.256 e. The number of carbonyl (C=O) groups is 1. The topological polar surface area (TPSA) is 81.1 Å². The van der Waals surface area contributed by atoms with Crippen molar-refractivity contribution in [3.05, 3.63) is 113 Å². The van der Waals surface area contributed by atoms with E-state index in [1.807, 2.05) is 0 Å². The van der Waals surface area contributed by atoms with E-state index in [1.165, 1.54) is 29.1 Å². The van der Waals surface area contributed by atoms with Crippen LogP contribution in [-0.2, 0) is 22.1 Å². The highest BCUT2D eigenvalue weighted by molar-refractivity contribution is 7.90. The van der Waals surface area contributed by atoms with E-state index in [0.29, 0.717) is 16.9 Å². The minimum Gasteiger partial charge on any atom is -0.307 e. The Kier molecular flexibility index (Phi) is 6.56. The standard InChI is InChI=1S/C25H21F2N3O3S/c1-17-14-28-30(15-20-13-21(26)10-11-23(20)27)24(17)29-25(31)19-7-5-6-18(12-19)16-34(32,33)22-8-3-2-4-9-22/h2-14H,15-16H2,1H3,(H,29,31).